The van der Waals surface area contributed by atoms with Crippen molar-refractivity contribution < 1.29 is 80.2 Å². The Balaban J connectivity index is 5.24. The first kappa shape index (κ1) is 108. The lowest BCUT2D eigenvalue weighted by atomic mass is 10.0. The molecule has 5 atom stereocenters. The molecule has 110 heavy (non-hydrogen) atoms. The second-order valence-corrected chi connectivity index (χ2v) is 36.6. The van der Waals surface area contributed by atoms with E-state index in [0.717, 1.165) is 102 Å². The normalized spacial score (nSPS) is 13.7. The van der Waals surface area contributed by atoms with Gasteiger partial charge in [0.05, 0.1) is 26.4 Å². The third-order valence-electron chi connectivity index (χ3n) is 21.5. The molecule has 3 N–H and O–H groups in total. The van der Waals surface area contributed by atoms with Gasteiger partial charge in [-0.1, -0.05) is 440 Å². The highest BCUT2D eigenvalue weighted by Gasteiger charge is 2.31. The van der Waals surface area contributed by atoms with Gasteiger partial charge in [-0.2, -0.15) is 0 Å². The fourth-order valence-corrected chi connectivity index (χ4v) is 15.9. The average Bonchev–Trinajstić information content (AvgIpc) is 0.898. The van der Waals surface area contributed by atoms with Gasteiger partial charge in [0, 0.05) is 25.7 Å². The molecule has 2 unspecified atom stereocenters. The zero-order chi connectivity index (χ0) is 80.6. The zero-order valence-electron chi connectivity index (χ0n) is 72.6. The maximum Gasteiger partial charge on any atom is 0.472 e. The van der Waals surface area contributed by atoms with E-state index in [1.54, 1.807) is 0 Å². The van der Waals surface area contributed by atoms with Crippen LogP contribution in [0.5, 0.6) is 0 Å². The number of ether oxygens (including phenoxy) is 4. The molecule has 0 aromatic rings. The van der Waals surface area contributed by atoms with Gasteiger partial charge in [0.2, 0.25) is 0 Å². The summed E-state index contributed by atoms with van der Waals surface area (Å²) in [6, 6.07) is 0. The van der Waals surface area contributed by atoms with Crippen molar-refractivity contribution in [3.63, 3.8) is 0 Å². The van der Waals surface area contributed by atoms with Gasteiger partial charge in [0.25, 0.3) is 0 Å². The fourth-order valence-electron chi connectivity index (χ4n) is 14.3. The van der Waals surface area contributed by atoms with Crippen molar-refractivity contribution in [1.82, 2.24) is 0 Å². The molecule has 0 aliphatic rings. The summed E-state index contributed by atoms with van der Waals surface area (Å²) in [4.78, 5) is 73.4. The first-order valence-corrected chi connectivity index (χ1v) is 50.0. The number of aliphatic hydroxyl groups excluding tert-OH is 1. The number of carbonyl (C=O) groups excluding carboxylic acids is 4. The number of unbranched alkanes of at least 4 members (excludes halogenated alkanes) is 60. The SMILES string of the molecule is CCCCCCCCCCCCCCCCCCC(=O)O[C@H](COC(=O)CCCCCCCCCCCCCC)COP(=O)(O)OC[C@H](O)COP(=O)(O)OC[C@@H](COC(=O)CCCCCCCCCCCCCCCCCCCCC(C)C)OC(=O)CCCCCCCCCCCCCCCCCCCCC(C)C. The molecule has 0 heterocycles. The van der Waals surface area contributed by atoms with E-state index >= 15 is 0 Å². The van der Waals surface area contributed by atoms with Crippen LogP contribution >= 0.6 is 15.6 Å². The lowest BCUT2D eigenvalue weighted by Crippen LogP contribution is -2.30. The van der Waals surface area contributed by atoms with Gasteiger partial charge in [-0.15, -0.1) is 0 Å². The van der Waals surface area contributed by atoms with E-state index in [9.17, 15) is 43.2 Å². The number of hydrogen-bond acceptors (Lipinski definition) is 15. The summed E-state index contributed by atoms with van der Waals surface area (Å²) < 4.78 is 69.1. The van der Waals surface area contributed by atoms with Crippen LogP contribution in [-0.2, 0) is 65.4 Å². The summed E-state index contributed by atoms with van der Waals surface area (Å²) in [7, 11) is -9.93. The van der Waals surface area contributed by atoms with Crippen LogP contribution in [0.3, 0.4) is 0 Å². The van der Waals surface area contributed by atoms with Crippen LogP contribution in [0.2, 0.25) is 0 Å². The predicted molar refractivity (Wildman–Crippen MR) is 455 cm³/mol. The third kappa shape index (κ3) is 84.0. The topological polar surface area (TPSA) is 237 Å². The molecule has 0 aromatic heterocycles. The zero-order valence-corrected chi connectivity index (χ0v) is 74.4. The fraction of sp³-hybridized carbons (Fsp3) is 0.956. The summed E-state index contributed by atoms with van der Waals surface area (Å²) in [5.74, 6) is -0.450. The van der Waals surface area contributed by atoms with Crippen LogP contribution in [0.15, 0.2) is 0 Å². The first-order valence-electron chi connectivity index (χ1n) is 47.0. The Labute approximate surface area is 677 Å². The maximum absolute atomic E-state index is 13.2. The molecule has 0 rings (SSSR count). The van der Waals surface area contributed by atoms with E-state index in [1.165, 1.54) is 308 Å². The number of phosphoric acid groups is 2. The Morgan fingerprint density at radius 2 is 0.418 bits per heavy atom. The van der Waals surface area contributed by atoms with Crippen molar-refractivity contribution >= 4 is 39.5 Å². The Morgan fingerprint density at radius 3 is 0.618 bits per heavy atom. The van der Waals surface area contributed by atoms with Gasteiger partial charge in [-0.05, 0) is 37.5 Å². The molecule has 0 saturated carbocycles. The number of esters is 4. The van der Waals surface area contributed by atoms with E-state index in [4.69, 9.17) is 37.0 Å². The molecule has 0 aliphatic carbocycles. The van der Waals surface area contributed by atoms with Gasteiger partial charge in [0.1, 0.15) is 19.3 Å². The van der Waals surface area contributed by atoms with Crippen molar-refractivity contribution in [3.8, 4) is 0 Å². The molecule has 0 spiro atoms. The quantitative estimate of drug-likeness (QED) is 0.0222. The molecular formula is C91H178O17P2. The van der Waals surface area contributed by atoms with Gasteiger partial charge in [-0.25, -0.2) is 9.13 Å². The standard InChI is InChI=1S/C91H178O17P2/c1-7-9-11-13-15-17-19-21-22-33-39-45-51-57-63-69-75-90(95)107-86(79-101-88(93)73-67-61-55-49-43-20-18-16-14-12-10-8-2)81-105-109(97,98)103-77-85(92)78-104-110(99,100)106-82-87(108-91(96)76-70-64-58-52-46-40-35-30-26-24-28-32-37-42-48-54-60-66-72-84(5)6)80-102-89(94)74-68-62-56-50-44-38-34-29-25-23-27-31-36-41-47-53-59-65-71-83(3)4/h83-87,92H,7-82H2,1-6H3,(H,97,98)(H,99,100)/t85-,86+,87+/m0/s1. The molecule has 0 bridgehead atoms. The van der Waals surface area contributed by atoms with Crippen LogP contribution in [0, 0.1) is 11.8 Å². The molecular weight excluding hydrogens is 1430 g/mol. The van der Waals surface area contributed by atoms with Crippen LogP contribution in [-0.4, -0.2) is 96.7 Å². The summed E-state index contributed by atoms with van der Waals surface area (Å²) in [5.41, 5.74) is 0. The molecule has 0 amide bonds. The van der Waals surface area contributed by atoms with Crippen molar-refractivity contribution in [3.05, 3.63) is 0 Å². The highest BCUT2D eigenvalue weighted by molar-refractivity contribution is 7.47. The Kier molecular flexibility index (Phi) is 80.7. The molecule has 0 radical (unpaired) electrons. The minimum Gasteiger partial charge on any atom is -0.462 e. The van der Waals surface area contributed by atoms with Crippen LogP contribution in [0.25, 0.3) is 0 Å². The Hall–Kier alpha value is -1.94. The van der Waals surface area contributed by atoms with Crippen LogP contribution in [0.1, 0.15) is 491 Å². The molecule has 0 aliphatic heterocycles. The largest absolute Gasteiger partial charge is 0.472 e. The number of phosphoric ester groups is 2. The van der Waals surface area contributed by atoms with E-state index in [1.807, 2.05) is 0 Å². The van der Waals surface area contributed by atoms with E-state index in [0.29, 0.717) is 25.7 Å². The lowest BCUT2D eigenvalue weighted by Gasteiger charge is -2.21. The summed E-state index contributed by atoms with van der Waals surface area (Å²) >= 11 is 0. The van der Waals surface area contributed by atoms with Gasteiger partial charge in [0.15, 0.2) is 12.2 Å². The van der Waals surface area contributed by atoms with Crippen molar-refractivity contribution in [2.45, 2.75) is 509 Å². The van der Waals surface area contributed by atoms with Gasteiger partial charge in [-0.3, -0.25) is 37.3 Å². The second-order valence-electron chi connectivity index (χ2n) is 33.6. The molecule has 0 fully saturated rings. The van der Waals surface area contributed by atoms with Gasteiger partial charge >= 0.3 is 39.5 Å². The van der Waals surface area contributed by atoms with Crippen LogP contribution < -0.4 is 0 Å². The van der Waals surface area contributed by atoms with Crippen molar-refractivity contribution in [1.29, 1.82) is 0 Å². The predicted octanol–water partition coefficient (Wildman–Crippen LogP) is 28.2. The van der Waals surface area contributed by atoms with Crippen molar-refractivity contribution in [2.75, 3.05) is 39.6 Å². The Bertz CT molecular complexity index is 2100. The van der Waals surface area contributed by atoms with Crippen molar-refractivity contribution in [2.24, 2.45) is 11.8 Å². The maximum atomic E-state index is 13.2. The Morgan fingerprint density at radius 1 is 0.245 bits per heavy atom. The number of rotatable bonds is 90. The number of hydrogen-bond donors (Lipinski definition) is 3. The molecule has 0 saturated heterocycles. The molecule has 0 aromatic carbocycles. The third-order valence-corrected chi connectivity index (χ3v) is 23.4. The van der Waals surface area contributed by atoms with Gasteiger partial charge < -0.3 is 33.8 Å². The van der Waals surface area contributed by atoms with E-state index in [-0.39, 0.29) is 25.7 Å². The number of carbonyl (C=O) groups is 4. The average molecular weight is 1610 g/mol. The van der Waals surface area contributed by atoms with E-state index < -0.39 is 97.5 Å². The summed E-state index contributed by atoms with van der Waals surface area (Å²) in [6.45, 7) is 9.78. The molecule has 19 heteroatoms. The lowest BCUT2D eigenvalue weighted by molar-refractivity contribution is -0.161. The molecule has 17 nitrogen and oxygen atoms in total. The first-order chi connectivity index (χ1) is 53.4. The minimum absolute atomic E-state index is 0.109. The monoisotopic (exact) mass is 1610 g/mol. The number of aliphatic hydroxyl groups is 1. The summed E-state index contributed by atoms with van der Waals surface area (Å²) in [5, 5.41) is 10.7. The highest BCUT2D eigenvalue weighted by Crippen LogP contribution is 2.45. The summed E-state index contributed by atoms with van der Waals surface area (Å²) in [6.07, 6.45) is 76.4. The molecule has 654 valence electrons. The van der Waals surface area contributed by atoms with E-state index in [2.05, 4.69) is 41.5 Å². The second kappa shape index (κ2) is 82.2. The smallest absolute Gasteiger partial charge is 0.462 e. The highest BCUT2D eigenvalue weighted by atomic mass is 31.2. The minimum atomic E-state index is -4.97. The van der Waals surface area contributed by atoms with Crippen LogP contribution in [0.4, 0.5) is 0 Å².